The Balaban J connectivity index is 1.68. The van der Waals surface area contributed by atoms with E-state index in [-0.39, 0.29) is 11.7 Å². The number of halogens is 2. The predicted octanol–water partition coefficient (Wildman–Crippen LogP) is 3.40. The van der Waals surface area contributed by atoms with Crippen molar-refractivity contribution in [2.75, 3.05) is 5.32 Å². The number of nitrogens with zero attached hydrogens (tertiary/aromatic N) is 4. The van der Waals surface area contributed by atoms with Crippen LogP contribution in [0, 0.1) is 5.82 Å². The van der Waals surface area contributed by atoms with E-state index in [0.29, 0.717) is 12.2 Å². The second kappa shape index (κ2) is 6.79. The highest BCUT2D eigenvalue weighted by atomic mass is 79.9. The Bertz CT molecular complexity index is 885. The topological polar surface area (TPSA) is 64.7 Å². The van der Waals surface area contributed by atoms with Crippen molar-refractivity contribution in [2.45, 2.75) is 25.9 Å². The SMILES string of the molecule is CC(C)(C(=O)Nc1cnn(Cc2ccc(F)cc2)c1)n1cc(Br)cn1. The number of hydrogen-bond donors (Lipinski definition) is 1. The highest BCUT2D eigenvalue weighted by molar-refractivity contribution is 9.10. The monoisotopic (exact) mass is 405 g/mol. The van der Waals surface area contributed by atoms with E-state index >= 15 is 0 Å². The van der Waals surface area contributed by atoms with Gasteiger partial charge < -0.3 is 5.32 Å². The molecule has 0 bridgehead atoms. The molecular weight excluding hydrogens is 389 g/mol. The molecule has 2 aromatic heterocycles. The fraction of sp³-hybridized carbons (Fsp3) is 0.235. The number of rotatable bonds is 5. The first-order valence-corrected chi connectivity index (χ1v) is 8.43. The smallest absolute Gasteiger partial charge is 0.251 e. The number of carbonyl (C=O) groups is 1. The molecular formula is C17H17BrFN5O. The lowest BCUT2D eigenvalue weighted by atomic mass is 10.1. The van der Waals surface area contributed by atoms with Crippen LogP contribution in [0.15, 0.2) is 53.5 Å². The molecule has 1 aromatic carbocycles. The lowest BCUT2D eigenvalue weighted by Crippen LogP contribution is -2.40. The van der Waals surface area contributed by atoms with Gasteiger partial charge in [-0.25, -0.2) is 4.39 Å². The quantitative estimate of drug-likeness (QED) is 0.707. The van der Waals surface area contributed by atoms with Crippen molar-refractivity contribution < 1.29 is 9.18 Å². The summed E-state index contributed by atoms with van der Waals surface area (Å²) in [5, 5.41) is 11.2. The second-order valence-corrected chi connectivity index (χ2v) is 7.08. The molecule has 0 saturated carbocycles. The number of anilines is 1. The van der Waals surface area contributed by atoms with Gasteiger partial charge in [-0.3, -0.25) is 14.2 Å². The van der Waals surface area contributed by atoms with Crippen LogP contribution in [0.1, 0.15) is 19.4 Å². The molecule has 3 rings (SSSR count). The van der Waals surface area contributed by atoms with Gasteiger partial charge in [-0.1, -0.05) is 12.1 Å². The van der Waals surface area contributed by atoms with Gasteiger partial charge in [-0.2, -0.15) is 10.2 Å². The van der Waals surface area contributed by atoms with Gasteiger partial charge in [0.2, 0.25) is 0 Å². The van der Waals surface area contributed by atoms with Crippen LogP contribution in [0.25, 0.3) is 0 Å². The molecule has 0 saturated heterocycles. The van der Waals surface area contributed by atoms with Crippen LogP contribution in [0.5, 0.6) is 0 Å². The van der Waals surface area contributed by atoms with Crippen LogP contribution in [-0.4, -0.2) is 25.5 Å². The number of carbonyl (C=O) groups excluding carboxylic acids is 1. The molecule has 2 heterocycles. The van der Waals surface area contributed by atoms with Crippen LogP contribution < -0.4 is 5.32 Å². The van der Waals surface area contributed by atoms with Crippen molar-refractivity contribution in [1.29, 1.82) is 0 Å². The molecule has 1 N–H and O–H groups in total. The maximum atomic E-state index is 12.9. The zero-order valence-corrected chi connectivity index (χ0v) is 15.4. The Morgan fingerprint density at radius 3 is 2.56 bits per heavy atom. The first kappa shape index (κ1) is 17.3. The standard InChI is InChI=1S/C17H17BrFN5O/c1-17(2,24-10-13(18)7-21-24)16(25)22-15-8-20-23(11-15)9-12-3-5-14(19)6-4-12/h3-8,10-11H,9H2,1-2H3,(H,22,25). The molecule has 0 aliphatic heterocycles. The van der Waals surface area contributed by atoms with Crippen LogP contribution in [0.4, 0.5) is 10.1 Å². The van der Waals surface area contributed by atoms with E-state index in [2.05, 4.69) is 31.4 Å². The zero-order chi connectivity index (χ0) is 18.0. The summed E-state index contributed by atoms with van der Waals surface area (Å²) in [6.45, 7) is 4.06. The molecule has 130 valence electrons. The maximum absolute atomic E-state index is 12.9. The molecule has 1 amide bonds. The molecule has 0 atom stereocenters. The normalized spacial score (nSPS) is 11.5. The molecule has 0 aliphatic rings. The van der Waals surface area contributed by atoms with Crippen molar-refractivity contribution in [3.63, 3.8) is 0 Å². The minimum absolute atomic E-state index is 0.204. The Morgan fingerprint density at radius 1 is 1.20 bits per heavy atom. The van der Waals surface area contributed by atoms with E-state index in [1.54, 1.807) is 60.1 Å². The first-order chi connectivity index (χ1) is 11.8. The Morgan fingerprint density at radius 2 is 1.92 bits per heavy atom. The summed E-state index contributed by atoms with van der Waals surface area (Å²) in [6.07, 6.45) is 6.69. The van der Waals surface area contributed by atoms with Gasteiger partial charge >= 0.3 is 0 Å². The number of benzene rings is 1. The number of amides is 1. The Labute approximate surface area is 152 Å². The maximum Gasteiger partial charge on any atom is 0.251 e. The molecule has 0 unspecified atom stereocenters. The zero-order valence-electron chi connectivity index (χ0n) is 13.8. The number of hydrogen-bond acceptors (Lipinski definition) is 3. The van der Waals surface area contributed by atoms with Crippen LogP contribution in [-0.2, 0) is 16.9 Å². The summed E-state index contributed by atoms with van der Waals surface area (Å²) in [7, 11) is 0. The molecule has 0 spiro atoms. The fourth-order valence-corrected chi connectivity index (χ4v) is 2.57. The predicted molar refractivity (Wildman–Crippen MR) is 95.6 cm³/mol. The third kappa shape index (κ3) is 3.96. The molecule has 0 fully saturated rings. The van der Waals surface area contributed by atoms with E-state index < -0.39 is 5.54 Å². The van der Waals surface area contributed by atoms with Crippen LogP contribution in [0.2, 0.25) is 0 Å². The summed E-state index contributed by atoms with van der Waals surface area (Å²) >= 11 is 3.33. The van der Waals surface area contributed by atoms with E-state index in [1.807, 2.05) is 0 Å². The lowest BCUT2D eigenvalue weighted by molar-refractivity contribution is -0.123. The second-order valence-electron chi connectivity index (χ2n) is 6.17. The minimum Gasteiger partial charge on any atom is -0.321 e. The molecule has 3 aromatic rings. The van der Waals surface area contributed by atoms with Crippen LogP contribution in [0.3, 0.4) is 0 Å². The average molecular weight is 406 g/mol. The lowest BCUT2D eigenvalue weighted by Gasteiger charge is -2.23. The van der Waals surface area contributed by atoms with Crippen molar-refractivity contribution in [3.05, 3.63) is 64.9 Å². The van der Waals surface area contributed by atoms with E-state index in [4.69, 9.17) is 0 Å². The van der Waals surface area contributed by atoms with E-state index in [0.717, 1.165) is 10.0 Å². The molecule has 6 nitrogen and oxygen atoms in total. The Hall–Kier alpha value is -2.48. The van der Waals surface area contributed by atoms with Gasteiger partial charge in [0.1, 0.15) is 11.4 Å². The molecule has 8 heteroatoms. The van der Waals surface area contributed by atoms with Gasteiger partial charge in [0.25, 0.3) is 5.91 Å². The highest BCUT2D eigenvalue weighted by Crippen LogP contribution is 2.20. The van der Waals surface area contributed by atoms with E-state index in [9.17, 15) is 9.18 Å². The molecule has 0 radical (unpaired) electrons. The average Bonchev–Trinajstić information content (AvgIpc) is 3.19. The summed E-state index contributed by atoms with van der Waals surface area (Å²) in [5.74, 6) is -0.478. The van der Waals surface area contributed by atoms with Gasteiger partial charge in [0.15, 0.2) is 0 Å². The third-order valence-electron chi connectivity index (χ3n) is 3.83. The fourth-order valence-electron chi connectivity index (χ4n) is 2.29. The van der Waals surface area contributed by atoms with Gasteiger partial charge in [-0.05, 0) is 47.5 Å². The van der Waals surface area contributed by atoms with E-state index in [1.165, 1.54) is 12.1 Å². The highest BCUT2D eigenvalue weighted by Gasteiger charge is 2.30. The van der Waals surface area contributed by atoms with Crippen molar-refractivity contribution in [1.82, 2.24) is 19.6 Å². The summed E-state index contributed by atoms with van der Waals surface area (Å²) in [4.78, 5) is 12.6. The first-order valence-electron chi connectivity index (χ1n) is 7.63. The van der Waals surface area contributed by atoms with Gasteiger partial charge in [0, 0.05) is 12.4 Å². The van der Waals surface area contributed by atoms with Crippen molar-refractivity contribution in [2.24, 2.45) is 0 Å². The molecule has 0 aliphatic carbocycles. The number of aromatic nitrogens is 4. The number of nitrogens with one attached hydrogen (secondary N) is 1. The Kier molecular flexibility index (Phi) is 4.71. The van der Waals surface area contributed by atoms with Crippen LogP contribution >= 0.6 is 15.9 Å². The minimum atomic E-state index is -0.856. The van der Waals surface area contributed by atoms with Crippen molar-refractivity contribution in [3.8, 4) is 0 Å². The van der Waals surface area contributed by atoms with Crippen molar-refractivity contribution >= 4 is 27.5 Å². The largest absolute Gasteiger partial charge is 0.321 e. The molecule has 25 heavy (non-hydrogen) atoms. The summed E-state index contributed by atoms with van der Waals surface area (Å²) < 4.78 is 17.0. The summed E-state index contributed by atoms with van der Waals surface area (Å²) in [5.41, 5.74) is 0.654. The van der Waals surface area contributed by atoms with Gasteiger partial charge in [0.05, 0.1) is 29.1 Å². The summed E-state index contributed by atoms with van der Waals surface area (Å²) in [6, 6.07) is 6.22. The van der Waals surface area contributed by atoms with Gasteiger partial charge in [-0.15, -0.1) is 0 Å². The third-order valence-corrected chi connectivity index (χ3v) is 4.24.